The van der Waals surface area contributed by atoms with Crippen molar-refractivity contribution in [3.05, 3.63) is 11.1 Å². The van der Waals surface area contributed by atoms with Crippen molar-refractivity contribution >= 4 is 23.4 Å². The molecule has 0 aliphatic carbocycles. The minimum Gasteiger partial charge on any atom is -0.345 e. The molecule has 0 aromatic rings. The molecule has 1 fully saturated rings. The SMILES string of the molecule is CCC(C)C1C(=O)NCC(=O)N1CC(C)=CCl. The third-order valence-corrected chi connectivity index (χ3v) is 3.50. The van der Waals surface area contributed by atoms with Gasteiger partial charge in [-0.15, -0.1) is 0 Å². The lowest BCUT2D eigenvalue weighted by Gasteiger charge is -2.38. The topological polar surface area (TPSA) is 49.4 Å². The van der Waals surface area contributed by atoms with Crippen molar-refractivity contribution in [2.45, 2.75) is 33.2 Å². The molecular formula is C12H19ClN2O2. The van der Waals surface area contributed by atoms with Gasteiger partial charge in [0.2, 0.25) is 11.8 Å². The van der Waals surface area contributed by atoms with Crippen molar-refractivity contribution in [2.24, 2.45) is 5.92 Å². The molecule has 5 heteroatoms. The first kappa shape index (κ1) is 14.0. The maximum Gasteiger partial charge on any atom is 0.243 e. The standard InChI is InChI=1S/C12H19ClN2O2/c1-4-9(3)11-12(17)14-6-10(16)15(11)7-8(2)5-13/h5,9,11H,4,6-7H2,1-3H3,(H,14,17). The molecule has 2 amide bonds. The molecule has 0 radical (unpaired) electrons. The van der Waals surface area contributed by atoms with Crippen LogP contribution in [0.2, 0.25) is 0 Å². The van der Waals surface area contributed by atoms with Crippen molar-refractivity contribution in [1.82, 2.24) is 10.2 Å². The van der Waals surface area contributed by atoms with Crippen LogP contribution in [-0.4, -0.2) is 35.8 Å². The van der Waals surface area contributed by atoms with Gasteiger partial charge in [-0.3, -0.25) is 9.59 Å². The zero-order valence-corrected chi connectivity index (χ0v) is 11.3. The number of piperazine rings is 1. The van der Waals surface area contributed by atoms with E-state index in [-0.39, 0.29) is 30.3 Å². The summed E-state index contributed by atoms with van der Waals surface area (Å²) < 4.78 is 0. The highest BCUT2D eigenvalue weighted by Crippen LogP contribution is 2.19. The van der Waals surface area contributed by atoms with E-state index in [1.807, 2.05) is 20.8 Å². The molecule has 1 aliphatic heterocycles. The van der Waals surface area contributed by atoms with Crippen LogP contribution in [0, 0.1) is 5.92 Å². The van der Waals surface area contributed by atoms with E-state index in [0.29, 0.717) is 6.54 Å². The summed E-state index contributed by atoms with van der Waals surface area (Å²) in [6.07, 6.45) is 0.853. The van der Waals surface area contributed by atoms with E-state index in [9.17, 15) is 9.59 Å². The minimum atomic E-state index is -0.382. The summed E-state index contributed by atoms with van der Waals surface area (Å²) in [5.41, 5.74) is 2.33. The van der Waals surface area contributed by atoms with Crippen molar-refractivity contribution in [3.63, 3.8) is 0 Å². The van der Waals surface area contributed by atoms with Crippen LogP contribution in [0.25, 0.3) is 0 Å². The predicted octanol–water partition coefficient (Wildman–Crippen LogP) is 1.50. The Bertz CT molecular complexity index is 341. The van der Waals surface area contributed by atoms with E-state index in [1.165, 1.54) is 5.54 Å². The molecule has 0 aromatic heterocycles. The molecule has 1 rings (SSSR count). The van der Waals surface area contributed by atoms with Crippen LogP contribution in [0.15, 0.2) is 11.1 Å². The first-order valence-electron chi connectivity index (χ1n) is 5.84. The van der Waals surface area contributed by atoms with Crippen molar-refractivity contribution in [1.29, 1.82) is 0 Å². The van der Waals surface area contributed by atoms with Gasteiger partial charge < -0.3 is 10.2 Å². The average molecular weight is 259 g/mol. The minimum absolute atomic E-state index is 0.0484. The van der Waals surface area contributed by atoms with E-state index in [4.69, 9.17) is 11.6 Å². The summed E-state index contributed by atoms with van der Waals surface area (Å²) in [5.74, 6) is 0.0245. The van der Waals surface area contributed by atoms with Crippen LogP contribution in [0.5, 0.6) is 0 Å². The molecule has 1 aliphatic rings. The largest absolute Gasteiger partial charge is 0.345 e. The van der Waals surface area contributed by atoms with E-state index in [1.54, 1.807) is 4.90 Å². The smallest absolute Gasteiger partial charge is 0.243 e. The molecule has 0 spiro atoms. The van der Waals surface area contributed by atoms with Crippen molar-refractivity contribution in [3.8, 4) is 0 Å². The maximum absolute atomic E-state index is 11.9. The number of nitrogens with one attached hydrogen (secondary N) is 1. The molecule has 1 N–H and O–H groups in total. The Balaban J connectivity index is 2.91. The predicted molar refractivity (Wildman–Crippen MR) is 67.6 cm³/mol. The Morgan fingerprint density at radius 3 is 2.82 bits per heavy atom. The van der Waals surface area contributed by atoms with Crippen LogP contribution in [0.4, 0.5) is 0 Å². The zero-order valence-electron chi connectivity index (χ0n) is 10.5. The molecular weight excluding hydrogens is 240 g/mol. The van der Waals surface area contributed by atoms with E-state index >= 15 is 0 Å². The fourth-order valence-corrected chi connectivity index (χ4v) is 2.01. The molecule has 2 unspecified atom stereocenters. The summed E-state index contributed by atoms with van der Waals surface area (Å²) in [7, 11) is 0. The quantitative estimate of drug-likeness (QED) is 0.831. The Morgan fingerprint density at radius 1 is 1.65 bits per heavy atom. The molecule has 1 heterocycles. The number of carbonyl (C=O) groups excluding carboxylic acids is 2. The number of hydrogen-bond acceptors (Lipinski definition) is 2. The van der Waals surface area contributed by atoms with Crippen LogP contribution < -0.4 is 5.32 Å². The van der Waals surface area contributed by atoms with Gasteiger partial charge in [-0.25, -0.2) is 0 Å². The second kappa shape index (κ2) is 6.05. The third kappa shape index (κ3) is 3.22. The number of carbonyl (C=O) groups is 2. The number of amides is 2. The van der Waals surface area contributed by atoms with Gasteiger partial charge in [-0.05, 0) is 18.4 Å². The second-order valence-electron chi connectivity index (χ2n) is 4.53. The van der Waals surface area contributed by atoms with Gasteiger partial charge in [0.15, 0.2) is 0 Å². The summed E-state index contributed by atoms with van der Waals surface area (Å²) in [6.45, 7) is 6.35. The molecule has 0 bridgehead atoms. The molecule has 2 atom stereocenters. The number of nitrogens with zero attached hydrogens (tertiary/aromatic N) is 1. The van der Waals surface area contributed by atoms with Crippen LogP contribution in [-0.2, 0) is 9.59 Å². The van der Waals surface area contributed by atoms with Gasteiger partial charge in [0, 0.05) is 12.1 Å². The molecule has 96 valence electrons. The Morgan fingerprint density at radius 2 is 2.29 bits per heavy atom. The Hall–Kier alpha value is -1.03. The van der Waals surface area contributed by atoms with Gasteiger partial charge in [0.1, 0.15) is 6.04 Å². The first-order valence-corrected chi connectivity index (χ1v) is 6.27. The molecule has 0 saturated carbocycles. The normalized spacial score (nSPS) is 23.6. The third-order valence-electron chi connectivity index (χ3n) is 3.13. The van der Waals surface area contributed by atoms with Crippen molar-refractivity contribution < 1.29 is 9.59 Å². The lowest BCUT2D eigenvalue weighted by atomic mass is 9.94. The highest BCUT2D eigenvalue weighted by atomic mass is 35.5. The summed E-state index contributed by atoms with van der Waals surface area (Å²) in [4.78, 5) is 25.4. The number of hydrogen-bond donors (Lipinski definition) is 1. The van der Waals surface area contributed by atoms with Gasteiger partial charge in [0.25, 0.3) is 0 Å². The number of halogens is 1. The van der Waals surface area contributed by atoms with Gasteiger partial charge >= 0.3 is 0 Å². The van der Waals surface area contributed by atoms with Crippen LogP contribution in [0.1, 0.15) is 27.2 Å². The van der Waals surface area contributed by atoms with Gasteiger partial charge in [-0.1, -0.05) is 31.9 Å². The molecule has 17 heavy (non-hydrogen) atoms. The van der Waals surface area contributed by atoms with E-state index < -0.39 is 0 Å². The second-order valence-corrected chi connectivity index (χ2v) is 4.74. The summed E-state index contributed by atoms with van der Waals surface area (Å²) in [5, 5.41) is 2.64. The Labute approximate surface area is 107 Å². The van der Waals surface area contributed by atoms with Gasteiger partial charge in [-0.2, -0.15) is 0 Å². The monoisotopic (exact) mass is 258 g/mol. The Kier molecular flexibility index (Phi) is 5.00. The first-order chi connectivity index (χ1) is 8.01. The highest BCUT2D eigenvalue weighted by Gasteiger charge is 2.37. The fraction of sp³-hybridized carbons (Fsp3) is 0.667. The van der Waals surface area contributed by atoms with Gasteiger partial charge in [0.05, 0.1) is 6.54 Å². The number of rotatable bonds is 4. The average Bonchev–Trinajstić information content (AvgIpc) is 2.33. The molecule has 1 saturated heterocycles. The lowest BCUT2D eigenvalue weighted by Crippen LogP contribution is -2.60. The van der Waals surface area contributed by atoms with E-state index in [2.05, 4.69) is 5.32 Å². The molecule has 4 nitrogen and oxygen atoms in total. The summed E-state index contributed by atoms with van der Waals surface area (Å²) in [6, 6.07) is -0.382. The van der Waals surface area contributed by atoms with E-state index in [0.717, 1.165) is 12.0 Å². The summed E-state index contributed by atoms with van der Waals surface area (Å²) >= 11 is 5.62. The fourth-order valence-electron chi connectivity index (χ4n) is 1.94. The zero-order chi connectivity index (χ0) is 13.0. The highest BCUT2D eigenvalue weighted by molar-refractivity contribution is 6.25. The van der Waals surface area contributed by atoms with Crippen LogP contribution in [0.3, 0.4) is 0 Å². The maximum atomic E-state index is 11.9. The molecule has 0 aromatic carbocycles. The lowest BCUT2D eigenvalue weighted by molar-refractivity contribution is -0.147. The van der Waals surface area contributed by atoms with Crippen LogP contribution >= 0.6 is 11.6 Å². The van der Waals surface area contributed by atoms with Crippen molar-refractivity contribution in [2.75, 3.05) is 13.1 Å².